The highest BCUT2D eigenvalue weighted by Crippen LogP contribution is 1.85. The van der Waals surface area contributed by atoms with E-state index in [9.17, 15) is 0 Å². The molecule has 4 N–H and O–H groups in total. The third-order valence-corrected chi connectivity index (χ3v) is 1.01. The molecular formula is C5H16O5Si. The summed E-state index contributed by atoms with van der Waals surface area (Å²) in [6.45, 7) is 5.13. The minimum atomic E-state index is -4.16. The SMILES string of the molecule is CC(C)O.CCO[Si](O)(O)O. The van der Waals surface area contributed by atoms with Crippen LogP contribution in [0.3, 0.4) is 0 Å². The van der Waals surface area contributed by atoms with Crippen LogP contribution in [0, 0.1) is 0 Å². The zero-order valence-corrected chi connectivity index (χ0v) is 7.98. The summed E-state index contributed by atoms with van der Waals surface area (Å²) < 4.78 is 4.03. The van der Waals surface area contributed by atoms with E-state index in [1.54, 1.807) is 20.8 Å². The highest BCUT2D eigenvalue weighted by molar-refractivity contribution is 6.48. The van der Waals surface area contributed by atoms with Gasteiger partial charge in [-0.1, -0.05) is 0 Å². The molecule has 0 aromatic rings. The van der Waals surface area contributed by atoms with Crippen molar-refractivity contribution in [2.45, 2.75) is 26.9 Å². The summed E-state index contributed by atoms with van der Waals surface area (Å²) >= 11 is 0. The summed E-state index contributed by atoms with van der Waals surface area (Å²) in [5, 5.41) is 8.06. The third kappa shape index (κ3) is 39.9. The van der Waals surface area contributed by atoms with Crippen molar-refractivity contribution >= 4 is 9.05 Å². The number of hydrogen-bond acceptors (Lipinski definition) is 5. The van der Waals surface area contributed by atoms with Crippen LogP contribution in [0.25, 0.3) is 0 Å². The molecule has 0 aliphatic heterocycles. The fourth-order valence-corrected chi connectivity index (χ4v) is 0.581. The molecule has 0 fully saturated rings. The Labute approximate surface area is 67.4 Å². The van der Waals surface area contributed by atoms with Crippen LogP contribution in [0.4, 0.5) is 0 Å². The average Bonchev–Trinajstić information content (AvgIpc) is 1.58. The fourth-order valence-electron chi connectivity index (χ4n) is 0.194. The molecule has 6 heteroatoms. The molecule has 0 saturated heterocycles. The first-order valence-corrected chi connectivity index (χ1v) is 5.03. The van der Waals surface area contributed by atoms with Gasteiger partial charge in [-0.05, 0) is 20.8 Å². The maximum atomic E-state index is 8.06. The molecule has 70 valence electrons. The second-order valence-electron chi connectivity index (χ2n) is 2.10. The Bertz CT molecular complexity index is 76.7. The number of rotatable bonds is 2. The van der Waals surface area contributed by atoms with Gasteiger partial charge in [0.15, 0.2) is 0 Å². The van der Waals surface area contributed by atoms with Crippen LogP contribution in [0.2, 0.25) is 0 Å². The maximum Gasteiger partial charge on any atom is 0.671 e. The molecule has 0 aromatic carbocycles. The summed E-state index contributed by atoms with van der Waals surface area (Å²) in [4.78, 5) is 24.1. The number of aliphatic hydroxyl groups is 1. The van der Waals surface area contributed by atoms with Crippen molar-refractivity contribution in [3.63, 3.8) is 0 Å². The lowest BCUT2D eigenvalue weighted by molar-refractivity contribution is 0.0687. The summed E-state index contributed by atoms with van der Waals surface area (Å²) in [5.41, 5.74) is 0. The van der Waals surface area contributed by atoms with Crippen molar-refractivity contribution in [2.24, 2.45) is 0 Å². The maximum absolute atomic E-state index is 8.06. The third-order valence-electron chi connectivity index (χ3n) is 0.338. The van der Waals surface area contributed by atoms with E-state index in [0.29, 0.717) is 0 Å². The predicted octanol–water partition coefficient (Wildman–Crippen LogP) is -1.18. The number of hydrogen-bond donors (Lipinski definition) is 4. The van der Waals surface area contributed by atoms with E-state index >= 15 is 0 Å². The molecule has 11 heavy (non-hydrogen) atoms. The summed E-state index contributed by atoms with van der Waals surface area (Å²) in [7, 11) is -4.16. The monoisotopic (exact) mass is 184 g/mol. The van der Waals surface area contributed by atoms with Crippen molar-refractivity contribution in [1.29, 1.82) is 0 Å². The van der Waals surface area contributed by atoms with Crippen LogP contribution in [0.15, 0.2) is 0 Å². The van der Waals surface area contributed by atoms with Crippen molar-refractivity contribution < 1.29 is 23.9 Å². The standard InChI is InChI=1S/C3H8O.C2H8O4Si/c1-3(2)4;1-2-6-7(3,4)5/h3-4H,1-2H3;3-5H,2H2,1H3. The Morgan fingerprint density at radius 2 is 1.55 bits per heavy atom. The lowest BCUT2D eigenvalue weighted by Gasteiger charge is -2.05. The second kappa shape index (κ2) is 6.71. The van der Waals surface area contributed by atoms with E-state index in [1.165, 1.54) is 0 Å². The molecule has 0 atom stereocenters. The molecule has 0 rings (SSSR count). The molecule has 5 nitrogen and oxygen atoms in total. The van der Waals surface area contributed by atoms with E-state index in [4.69, 9.17) is 19.5 Å². The largest absolute Gasteiger partial charge is 0.671 e. The molecule has 0 bridgehead atoms. The topological polar surface area (TPSA) is 90.2 Å². The molecular weight excluding hydrogens is 168 g/mol. The predicted molar refractivity (Wildman–Crippen MR) is 41.4 cm³/mol. The van der Waals surface area contributed by atoms with Crippen molar-refractivity contribution in [3.8, 4) is 0 Å². The van der Waals surface area contributed by atoms with Crippen LogP contribution in [-0.4, -0.2) is 41.3 Å². The highest BCUT2D eigenvalue weighted by Gasteiger charge is 2.28. The normalized spacial score (nSPS) is 10.9. The van der Waals surface area contributed by atoms with Gasteiger partial charge in [-0.25, -0.2) is 0 Å². The first-order chi connectivity index (χ1) is 4.79. The molecule has 0 radical (unpaired) electrons. The van der Waals surface area contributed by atoms with Crippen molar-refractivity contribution in [3.05, 3.63) is 0 Å². The van der Waals surface area contributed by atoms with Gasteiger partial charge < -0.3 is 23.9 Å². The Balaban J connectivity index is 0. The van der Waals surface area contributed by atoms with Crippen LogP contribution < -0.4 is 0 Å². The van der Waals surface area contributed by atoms with Crippen molar-refractivity contribution in [1.82, 2.24) is 0 Å². The van der Waals surface area contributed by atoms with Gasteiger partial charge in [0.2, 0.25) is 0 Å². The highest BCUT2D eigenvalue weighted by atomic mass is 28.4. The van der Waals surface area contributed by atoms with Crippen LogP contribution in [0.5, 0.6) is 0 Å². The Hall–Kier alpha value is 0.0169. The van der Waals surface area contributed by atoms with Gasteiger partial charge in [0.1, 0.15) is 0 Å². The molecule has 0 unspecified atom stereocenters. The lowest BCUT2D eigenvalue weighted by atomic mass is 10.5. The quantitative estimate of drug-likeness (QED) is 0.406. The van der Waals surface area contributed by atoms with Gasteiger partial charge in [-0.15, -0.1) is 0 Å². The van der Waals surface area contributed by atoms with Gasteiger partial charge in [-0.3, -0.25) is 0 Å². The summed E-state index contributed by atoms with van der Waals surface area (Å²) in [6.07, 6.45) is -0.167. The van der Waals surface area contributed by atoms with Gasteiger partial charge in [0.05, 0.1) is 0 Å². The van der Waals surface area contributed by atoms with Crippen LogP contribution in [-0.2, 0) is 4.43 Å². The molecule has 0 aliphatic rings. The molecule has 0 aliphatic carbocycles. The summed E-state index contributed by atoms with van der Waals surface area (Å²) in [6, 6.07) is 0. The molecule has 0 amide bonds. The van der Waals surface area contributed by atoms with Gasteiger partial charge >= 0.3 is 9.05 Å². The smallest absolute Gasteiger partial charge is 0.394 e. The van der Waals surface area contributed by atoms with Crippen LogP contribution in [0.1, 0.15) is 20.8 Å². The minimum Gasteiger partial charge on any atom is -0.394 e. The Morgan fingerprint density at radius 3 is 1.55 bits per heavy atom. The zero-order chi connectivity index (χ0) is 9.49. The number of aliphatic hydroxyl groups excluding tert-OH is 1. The fraction of sp³-hybridized carbons (Fsp3) is 1.00. The Morgan fingerprint density at radius 1 is 1.27 bits per heavy atom. The first-order valence-electron chi connectivity index (χ1n) is 3.28. The minimum absolute atomic E-state index is 0.121. The Kier molecular flexibility index (Phi) is 8.29. The van der Waals surface area contributed by atoms with Gasteiger partial charge in [0.25, 0.3) is 0 Å². The molecule has 0 aromatic heterocycles. The average molecular weight is 184 g/mol. The molecule has 0 spiro atoms. The van der Waals surface area contributed by atoms with E-state index in [2.05, 4.69) is 4.43 Å². The van der Waals surface area contributed by atoms with Crippen LogP contribution >= 0.6 is 0 Å². The van der Waals surface area contributed by atoms with Gasteiger partial charge in [0, 0.05) is 12.7 Å². The van der Waals surface area contributed by atoms with E-state index in [-0.39, 0.29) is 12.7 Å². The lowest BCUT2D eigenvalue weighted by Crippen LogP contribution is -2.38. The van der Waals surface area contributed by atoms with E-state index < -0.39 is 9.05 Å². The second-order valence-corrected chi connectivity index (χ2v) is 3.54. The summed E-state index contributed by atoms with van der Waals surface area (Å²) in [5.74, 6) is 0. The van der Waals surface area contributed by atoms with Gasteiger partial charge in [-0.2, -0.15) is 0 Å². The van der Waals surface area contributed by atoms with E-state index in [0.717, 1.165) is 0 Å². The zero-order valence-electron chi connectivity index (χ0n) is 6.98. The first kappa shape index (κ1) is 13.6. The molecule has 0 saturated carbocycles. The van der Waals surface area contributed by atoms with E-state index in [1.807, 2.05) is 0 Å². The molecule has 0 heterocycles. The van der Waals surface area contributed by atoms with Crippen molar-refractivity contribution in [2.75, 3.05) is 6.61 Å².